The molecule has 1 atom stereocenters. The molecule has 1 aliphatic rings. The van der Waals surface area contributed by atoms with Crippen LogP contribution >= 0.6 is 11.6 Å². The molecule has 1 unspecified atom stereocenters. The first-order chi connectivity index (χ1) is 6.87. The number of hydrogen-bond donors (Lipinski definition) is 1. The maximum Gasteiger partial charge on any atom is 0.209 e. The van der Waals surface area contributed by atoms with Crippen LogP contribution in [0.1, 0.15) is 12.8 Å². The first kappa shape index (κ1) is 13.0. The van der Waals surface area contributed by atoms with Crippen LogP contribution in [-0.2, 0) is 10.0 Å². The second kappa shape index (κ2) is 5.30. The molecule has 0 saturated carbocycles. The van der Waals surface area contributed by atoms with Gasteiger partial charge in [0.25, 0.3) is 0 Å². The first-order valence-corrected chi connectivity index (χ1v) is 7.02. The summed E-state index contributed by atoms with van der Waals surface area (Å²) in [5.74, 6) is 0.197. The van der Waals surface area contributed by atoms with Gasteiger partial charge in [-0.15, -0.1) is 0 Å². The number of sulfonamides is 1. The van der Waals surface area contributed by atoms with Crippen LogP contribution in [0.3, 0.4) is 0 Å². The number of likely N-dealkylation sites (tertiary alicyclic amines) is 1. The molecule has 1 fully saturated rings. The third-order valence-electron chi connectivity index (χ3n) is 2.47. The van der Waals surface area contributed by atoms with E-state index in [9.17, 15) is 8.42 Å². The molecule has 1 saturated heterocycles. The Labute approximate surface area is 96.1 Å². The zero-order chi connectivity index (χ0) is 11.5. The fourth-order valence-corrected chi connectivity index (χ4v) is 3.10. The summed E-state index contributed by atoms with van der Waals surface area (Å²) in [7, 11) is -3.36. The van der Waals surface area contributed by atoms with Crippen molar-refractivity contribution >= 4 is 21.6 Å². The van der Waals surface area contributed by atoms with Crippen LogP contribution in [0.25, 0.3) is 0 Å². The Balaban J connectivity index is 2.45. The van der Waals surface area contributed by atoms with Crippen LogP contribution in [0.15, 0.2) is 11.6 Å². The summed E-state index contributed by atoms with van der Waals surface area (Å²) in [6, 6.07) is 0. The van der Waals surface area contributed by atoms with Gasteiger partial charge in [0.15, 0.2) is 0 Å². The highest BCUT2D eigenvalue weighted by atomic mass is 35.5. The minimum absolute atomic E-state index is 0.0677. The van der Waals surface area contributed by atoms with E-state index in [1.165, 1.54) is 0 Å². The Morgan fingerprint density at radius 1 is 1.60 bits per heavy atom. The second-order valence-electron chi connectivity index (χ2n) is 4.09. The molecule has 0 bridgehead atoms. The quantitative estimate of drug-likeness (QED) is 0.803. The fourth-order valence-electron chi connectivity index (χ4n) is 2.00. The third kappa shape index (κ3) is 5.51. The molecule has 0 radical (unpaired) electrons. The lowest BCUT2D eigenvalue weighted by molar-refractivity contribution is 0.201. The number of hydrogen-bond acceptors (Lipinski definition) is 3. The van der Waals surface area contributed by atoms with E-state index in [0.717, 1.165) is 25.9 Å². The van der Waals surface area contributed by atoms with E-state index in [-0.39, 0.29) is 11.7 Å². The molecule has 0 spiro atoms. The van der Waals surface area contributed by atoms with Crippen molar-refractivity contribution in [2.75, 3.05) is 25.4 Å². The van der Waals surface area contributed by atoms with Crippen LogP contribution in [-0.4, -0.2) is 38.7 Å². The summed E-state index contributed by atoms with van der Waals surface area (Å²) in [6.07, 6.45) is 1.91. The number of halogens is 1. The van der Waals surface area contributed by atoms with Gasteiger partial charge in [0, 0.05) is 18.1 Å². The average Bonchev–Trinajstić information content (AvgIpc) is 1.99. The lowest BCUT2D eigenvalue weighted by Gasteiger charge is -2.31. The molecule has 1 rings (SSSR count). The van der Waals surface area contributed by atoms with E-state index in [2.05, 4.69) is 11.5 Å². The Hall–Kier alpha value is -0.100. The fraction of sp³-hybridized carbons (Fsp3) is 0.778. The molecule has 1 heterocycles. The normalized spacial score (nSPS) is 24.0. The highest BCUT2D eigenvalue weighted by Gasteiger charge is 2.23. The van der Waals surface area contributed by atoms with Gasteiger partial charge in [-0.2, -0.15) is 0 Å². The van der Waals surface area contributed by atoms with Crippen molar-refractivity contribution in [3.8, 4) is 0 Å². The van der Waals surface area contributed by atoms with E-state index < -0.39 is 10.0 Å². The standard InChI is InChI=1S/C9H17ClN2O2S/c1-8(10)5-12-4-2-3-9(6-12)7-15(11,13)14/h9H,1-7H2,(H2,11,13,14). The van der Waals surface area contributed by atoms with E-state index in [0.29, 0.717) is 11.6 Å². The summed E-state index contributed by atoms with van der Waals surface area (Å²) in [5.41, 5.74) is 0. The Kier molecular flexibility index (Phi) is 4.58. The maximum atomic E-state index is 10.9. The predicted octanol–water partition coefficient (Wildman–Crippen LogP) is 0.739. The number of piperidine rings is 1. The number of rotatable bonds is 4. The average molecular weight is 253 g/mol. The van der Waals surface area contributed by atoms with Crippen molar-refractivity contribution in [1.82, 2.24) is 4.90 Å². The van der Waals surface area contributed by atoms with Gasteiger partial charge in [0.1, 0.15) is 0 Å². The van der Waals surface area contributed by atoms with Crippen molar-refractivity contribution in [1.29, 1.82) is 0 Å². The van der Waals surface area contributed by atoms with Gasteiger partial charge in [-0.25, -0.2) is 13.6 Å². The lowest BCUT2D eigenvalue weighted by Crippen LogP contribution is -2.39. The van der Waals surface area contributed by atoms with Gasteiger partial charge >= 0.3 is 0 Å². The molecule has 15 heavy (non-hydrogen) atoms. The topological polar surface area (TPSA) is 63.4 Å². The Bertz CT molecular complexity index is 329. The predicted molar refractivity (Wildman–Crippen MR) is 62.1 cm³/mol. The lowest BCUT2D eigenvalue weighted by atomic mass is 10.0. The van der Waals surface area contributed by atoms with E-state index >= 15 is 0 Å². The molecule has 2 N–H and O–H groups in total. The maximum absolute atomic E-state index is 10.9. The van der Waals surface area contributed by atoms with Crippen LogP contribution in [0, 0.1) is 5.92 Å². The van der Waals surface area contributed by atoms with Gasteiger partial charge in [-0.05, 0) is 25.3 Å². The minimum Gasteiger partial charge on any atom is -0.298 e. The molecule has 4 nitrogen and oxygen atoms in total. The van der Waals surface area contributed by atoms with Crippen molar-refractivity contribution in [2.45, 2.75) is 12.8 Å². The van der Waals surface area contributed by atoms with Crippen molar-refractivity contribution in [3.05, 3.63) is 11.6 Å². The molecule has 88 valence electrons. The highest BCUT2D eigenvalue weighted by Crippen LogP contribution is 2.18. The van der Waals surface area contributed by atoms with Gasteiger partial charge in [0.2, 0.25) is 10.0 Å². The van der Waals surface area contributed by atoms with Gasteiger partial charge in [0.05, 0.1) is 5.75 Å². The highest BCUT2D eigenvalue weighted by molar-refractivity contribution is 7.89. The van der Waals surface area contributed by atoms with Crippen molar-refractivity contribution in [3.63, 3.8) is 0 Å². The largest absolute Gasteiger partial charge is 0.298 e. The Morgan fingerprint density at radius 2 is 2.27 bits per heavy atom. The number of nitrogens with two attached hydrogens (primary N) is 1. The van der Waals surface area contributed by atoms with Gasteiger partial charge < -0.3 is 0 Å². The van der Waals surface area contributed by atoms with Crippen LogP contribution in [0.4, 0.5) is 0 Å². The monoisotopic (exact) mass is 252 g/mol. The molecular formula is C9H17ClN2O2S. The van der Waals surface area contributed by atoms with Crippen LogP contribution in [0.5, 0.6) is 0 Å². The van der Waals surface area contributed by atoms with Crippen LogP contribution < -0.4 is 5.14 Å². The Morgan fingerprint density at radius 3 is 2.80 bits per heavy atom. The molecule has 0 aromatic rings. The smallest absolute Gasteiger partial charge is 0.209 e. The molecule has 0 amide bonds. The summed E-state index contributed by atoms with van der Waals surface area (Å²) < 4.78 is 21.9. The number of primary sulfonamides is 1. The SMILES string of the molecule is C=C(Cl)CN1CCCC(CS(N)(=O)=O)C1. The summed E-state index contributed by atoms with van der Waals surface area (Å²) >= 11 is 5.71. The van der Waals surface area contributed by atoms with Gasteiger partial charge in [-0.3, -0.25) is 4.90 Å². The zero-order valence-electron chi connectivity index (χ0n) is 8.65. The number of nitrogens with zero attached hydrogens (tertiary/aromatic N) is 1. The molecule has 0 aromatic heterocycles. The van der Waals surface area contributed by atoms with Crippen molar-refractivity contribution < 1.29 is 8.42 Å². The second-order valence-corrected chi connectivity index (χ2v) is 6.28. The molecule has 0 aromatic carbocycles. The first-order valence-electron chi connectivity index (χ1n) is 4.93. The van der Waals surface area contributed by atoms with E-state index in [1.807, 2.05) is 0 Å². The summed E-state index contributed by atoms with van der Waals surface area (Å²) in [5, 5.41) is 5.61. The molecular weight excluding hydrogens is 236 g/mol. The summed E-state index contributed by atoms with van der Waals surface area (Å²) in [6.45, 7) is 5.95. The zero-order valence-corrected chi connectivity index (χ0v) is 10.2. The molecule has 6 heteroatoms. The summed E-state index contributed by atoms with van der Waals surface area (Å²) in [4.78, 5) is 2.12. The molecule has 0 aliphatic carbocycles. The minimum atomic E-state index is -3.36. The van der Waals surface area contributed by atoms with Crippen molar-refractivity contribution in [2.24, 2.45) is 11.1 Å². The molecule has 1 aliphatic heterocycles. The van der Waals surface area contributed by atoms with E-state index in [4.69, 9.17) is 16.7 Å². The van der Waals surface area contributed by atoms with Gasteiger partial charge in [-0.1, -0.05) is 18.2 Å². The van der Waals surface area contributed by atoms with Crippen LogP contribution in [0.2, 0.25) is 0 Å². The third-order valence-corrected chi connectivity index (χ3v) is 3.52. The van der Waals surface area contributed by atoms with E-state index in [1.54, 1.807) is 0 Å².